The second-order valence-corrected chi connectivity index (χ2v) is 11.4. The number of ether oxygens (including phenoxy) is 1. The number of piperidine rings is 1. The van der Waals surface area contributed by atoms with Crippen molar-refractivity contribution in [3.05, 3.63) is 81.9 Å². The number of pyridine rings is 1. The number of halogens is 1. The molecule has 6 rings (SSSR count). The van der Waals surface area contributed by atoms with Crippen LogP contribution in [0.3, 0.4) is 0 Å². The number of carbonyl (C=O) groups excluding carboxylic acids is 1. The number of aromatic nitrogens is 1. The molecule has 3 aliphatic rings. The first-order chi connectivity index (χ1) is 19.8. The number of carbonyl (C=O) groups is 2. The van der Waals surface area contributed by atoms with Crippen molar-refractivity contribution in [2.24, 2.45) is 0 Å². The molecule has 2 aromatic carbocycles. The highest BCUT2D eigenvalue weighted by molar-refractivity contribution is 5.99. The Morgan fingerprint density at radius 2 is 1.78 bits per heavy atom. The molecule has 0 unspecified atom stereocenters. The summed E-state index contributed by atoms with van der Waals surface area (Å²) >= 11 is 0. The standard InChI is InChI=1S/C33H36FN3O4/c1-3-41-31-18-28(22-6-8-24(34)9-7-22)27(21-4-5-21)16-23(31)19-36-13-10-25(11-14-36)37-15-12-30-29(32(37)38)17-26(33(39)40)20(2)35-30/h6-9,16-18,21,25H,3-5,10-15,19H2,1-2H3,(H,39,40). The summed E-state index contributed by atoms with van der Waals surface area (Å²) in [6.45, 7) is 7.34. The van der Waals surface area contributed by atoms with Gasteiger partial charge in [-0.2, -0.15) is 0 Å². The SMILES string of the molecule is CCOc1cc(-c2ccc(F)cc2)c(C2CC2)cc1CN1CCC(N2CCc3nc(C)c(C(=O)O)cc3C2=O)CC1. The van der Waals surface area contributed by atoms with Gasteiger partial charge in [0, 0.05) is 44.2 Å². The monoisotopic (exact) mass is 557 g/mol. The van der Waals surface area contributed by atoms with Crippen molar-refractivity contribution < 1.29 is 23.8 Å². The normalized spacial score (nSPS) is 17.9. The van der Waals surface area contributed by atoms with E-state index in [1.165, 1.54) is 42.2 Å². The number of amides is 1. The van der Waals surface area contributed by atoms with Crippen LogP contribution in [-0.2, 0) is 13.0 Å². The number of benzene rings is 2. The van der Waals surface area contributed by atoms with Crippen molar-refractivity contribution in [1.29, 1.82) is 0 Å². The highest BCUT2D eigenvalue weighted by atomic mass is 19.1. The number of nitrogens with zero attached hydrogens (tertiary/aromatic N) is 3. The first-order valence-electron chi connectivity index (χ1n) is 14.6. The Hall–Kier alpha value is -3.78. The van der Waals surface area contributed by atoms with Crippen LogP contribution in [0.25, 0.3) is 11.1 Å². The number of aryl methyl sites for hydroxylation is 1. The largest absolute Gasteiger partial charge is 0.494 e. The van der Waals surface area contributed by atoms with Gasteiger partial charge >= 0.3 is 5.97 Å². The third-order valence-corrected chi connectivity index (χ3v) is 8.70. The summed E-state index contributed by atoms with van der Waals surface area (Å²) in [5.41, 5.74) is 6.29. The Bertz CT molecular complexity index is 1480. The lowest BCUT2D eigenvalue weighted by molar-refractivity contribution is 0.0543. The molecule has 0 atom stereocenters. The zero-order valence-electron chi connectivity index (χ0n) is 23.7. The first kappa shape index (κ1) is 27.4. The highest BCUT2D eigenvalue weighted by Crippen LogP contribution is 2.46. The van der Waals surface area contributed by atoms with E-state index in [9.17, 15) is 19.1 Å². The average molecular weight is 558 g/mol. The van der Waals surface area contributed by atoms with E-state index in [0.717, 1.165) is 49.4 Å². The van der Waals surface area contributed by atoms with Gasteiger partial charge in [-0.3, -0.25) is 14.7 Å². The van der Waals surface area contributed by atoms with Gasteiger partial charge in [0.2, 0.25) is 0 Å². The summed E-state index contributed by atoms with van der Waals surface area (Å²) in [7, 11) is 0. The number of carboxylic acid groups (broad SMARTS) is 1. The Balaban J connectivity index is 1.17. The lowest BCUT2D eigenvalue weighted by atomic mass is 9.93. The van der Waals surface area contributed by atoms with Gasteiger partial charge in [-0.15, -0.1) is 0 Å². The highest BCUT2D eigenvalue weighted by Gasteiger charge is 2.34. The fourth-order valence-electron chi connectivity index (χ4n) is 6.38. The third kappa shape index (κ3) is 5.58. The molecule has 7 nitrogen and oxygen atoms in total. The van der Waals surface area contributed by atoms with Crippen LogP contribution in [0.4, 0.5) is 4.39 Å². The van der Waals surface area contributed by atoms with Gasteiger partial charge in [-0.1, -0.05) is 12.1 Å². The molecule has 3 aromatic rings. The van der Waals surface area contributed by atoms with Crippen molar-refractivity contribution in [1.82, 2.24) is 14.8 Å². The van der Waals surface area contributed by atoms with E-state index < -0.39 is 5.97 Å². The Morgan fingerprint density at radius 1 is 1.05 bits per heavy atom. The number of carboxylic acids is 1. The molecule has 214 valence electrons. The molecule has 1 aromatic heterocycles. The van der Waals surface area contributed by atoms with Crippen LogP contribution in [0.15, 0.2) is 42.5 Å². The quantitative estimate of drug-likeness (QED) is 0.375. The maximum Gasteiger partial charge on any atom is 0.337 e. The zero-order valence-corrected chi connectivity index (χ0v) is 23.7. The molecule has 8 heteroatoms. The van der Waals surface area contributed by atoms with Crippen molar-refractivity contribution in [3.63, 3.8) is 0 Å². The van der Waals surface area contributed by atoms with E-state index in [0.29, 0.717) is 42.4 Å². The Labute approximate surface area is 240 Å². The van der Waals surface area contributed by atoms with Gasteiger partial charge < -0.3 is 14.7 Å². The van der Waals surface area contributed by atoms with Gasteiger partial charge in [0.1, 0.15) is 11.6 Å². The molecule has 0 radical (unpaired) electrons. The zero-order chi connectivity index (χ0) is 28.7. The minimum Gasteiger partial charge on any atom is -0.494 e. The minimum atomic E-state index is -1.06. The summed E-state index contributed by atoms with van der Waals surface area (Å²) in [5, 5.41) is 9.51. The van der Waals surface area contributed by atoms with Gasteiger partial charge in [-0.05, 0) is 92.5 Å². The fraction of sp³-hybridized carbons (Fsp3) is 0.424. The van der Waals surface area contributed by atoms with Crippen LogP contribution >= 0.6 is 0 Å². The first-order valence-corrected chi connectivity index (χ1v) is 14.6. The Kier molecular flexibility index (Phi) is 7.51. The maximum atomic E-state index is 13.6. The van der Waals surface area contributed by atoms with Crippen LogP contribution in [0.2, 0.25) is 0 Å². The molecular formula is C33H36FN3O4. The predicted octanol–water partition coefficient (Wildman–Crippen LogP) is 5.83. The number of rotatable bonds is 8. The summed E-state index contributed by atoms with van der Waals surface area (Å²) in [6.07, 6.45) is 4.70. The molecule has 1 N–H and O–H groups in total. The van der Waals surface area contributed by atoms with Crippen LogP contribution in [0.1, 0.15) is 81.8 Å². The lowest BCUT2D eigenvalue weighted by Gasteiger charge is -2.40. The van der Waals surface area contributed by atoms with E-state index in [-0.39, 0.29) is 23.3 Å². The molecule has 2 fully saturated rings. The Morgan fingerprint density at radius 3 is 2.44 bits per heavy atom. The summed E-state index contributed by atoms with van der Waals surface area (Å²) in [6, 6.07) is 12.8. The van der Waals surface area contributed by atoms with Crippen molar-refractivity contribution in [3.8, 4) is 16.9 Å². The number of fused-ring (bicyclic) bond motifs is 1. The molecule has 2 aliphatic heterocycles. The van der Waals surface area contributed by atoms with Crippen LogP contribution in [-0.4, -0.2) is 64.0 Å². The molecular weight excluding hydrogens is 521 g/mol. The van der Waals surface area contributed by atoms with Gasteiger partial charge in [0.25, 0.3) is 5.91 Å². The van der Waals surface area contributed by atoms with Gasteiger partial charge in [0.05, 0.1) is 29.1 Å². The third-order valence-electron chi connectivity index (χ3n) is 8.70. The van der Waals surface area contributed by atoms with Gasteiger partial charge in [-0.25, -0.2) is 9.18 Å². The predicted molar refractivity (Wildman–Crippen MR) is 154 cm³/mol. The molecule has 0 spiro atoms. The topological polar surface area (TPSA) is 83.0 Å². The molecule has 0 bridgehead atoms. The van der Waals surface area contributed by atoms with Crippen molar-refractivity contribution in [2.45, 2.75) is 64.5 Å². The second kappa shape index (κ2) is 11.2. The minimum absolute atomic E-state index is 0.0925. The molecule has 1 saturated heterocycles. The summed E-state index contributed by atoms with van der Waals surface area (Å²) < 4.78 is 19.7. The van der Waals surface area contributed by atoms with Crippen molar-refractivity contribution in [2.75, 3.05) is 26.2 Å². The smallest absolute Gasteiger partial charge is 0.337 e. The lowest BCUT2D eigenvalue weighted by Crippen LogP contribution is -2.50. The van der Waals surface area contributed by atoms with Crippen LogP contribution < -0.4 is 4.74 Å². The number of hydrogen-bond donors (Lipinski definition) is 1. The maximum absolute atomic E-state index is 13.6. The van der Waals surface area contributed by atoms with E-state index in [4.69, 9.17) is 4.74 Å². The van der Waals surface area contributed by atoms with Crippen LogP contribution in [0.5, 0.6) is 5.75 Å². The van der Waals surface area contributed by atoms with E-state index in [2.05, 4.69) is 22.0 Å². The van der Waals surface area contributed by atoms with E-state index in [1.807, 2.05) is 24.0 Å². The molecule has 41 heavy (non-hydrogen) atoms. The second-order valence-electron chi connectivity index (χ2n) is 11.4. The summed E-state index contributed by atoms with van der Waals surface area (Å²) in [5.74, 6) is 0.00196. The average Bonchev–Trinajstić information content (AvgIpc) is 3.80. The number of aromatic carboxylic acids is 1. The molecule has 3 heterocycles. The van der Waals surface area contributed by atoms with Gasteiger partial charge in [0.15, 0.2) is 0 Å². The molecule has 1 saturated carbocycles. The molecule has 1 amide bonds. The summed E-state index contributed by atoms with van der Waals surface area (Å²) in [4.78, 5) is 33.8. The fourth-order valence-corrected chi connectivity index (χ4v) is 6.38. The molecule has 1 aliphatic carbocycles. The van der Waals surface area contributed by atoms with E-state index >= 15 is 0 Å². The number of hydrogen-bond acceptors (Lipinski definition) is 5. The number of likely N-dealkylation sites (tertiary alicyclic amines) is 1. The van der Waals surface area contributed by atoms with E-state index in [1.54, 1.807) is 6.92 Å². The van der Waals surface area contributed by atoms with Crippen LogP contribution in [0, 0.1) is 12.7 Å². The van der Waals surface area contributed by atoms with Crippen molar-refractivity contribution >= 4 is 11.9 Å².